The van der Waals surface area contributed by atoms with Crippen LogP contribution in [0.4, 0.5) is 4.39 Å². The molecule has 1 atom stereocenters. The number of benzene rings is 1. The summed E-state index contributed by atoms with van der Waals surface area (Å²) < 4.78 is 13.4. The zero-order chi connectivity index (χ0) is 13.4. The van der Waals surface area contributed by atoms with Crippen molar-refractivity contribution in [3.8, 4) is 0 Å². The molecule has 1 saturated heterocycles. The molecule has 0 aromatic heterocycles. The summed E-state index contributed by atoms with van der Waals surface area (Å²) >= 11 is 0. The van der Waals surface area contributed by atoms with Gasteiger partial charge in [-0.2, -0.15) is 0 Å². The van der Waals surface area contributed by atoms with Crippen molar-refractivity contribution in [1.29, 1.82) is 0 Å². The van der Waals surface area contributed by atoms with Crippen LogP contribution in [0.25, 0.3) is 0 Å². The standard InChI is InChI=1S/C15H23FN2/c1-14(2)10-15(11-17,7-8-18(14)3)12-5-4-6-13(16)9-12/h4-6,9H,7-8,10-11,17H2,1-3H3. The molecule has 0 spiro atoms. The lowest BCUT2D eigenvalue weighted by Gasteiger charge is -2.50. The number of halogens is 1. The fourth-order valence-corrected chi connectivity index (χ4v) is 3.09. The minimum atomic E-state index is -0.169. The molecule has 2 nitrogen and oxygen atoms in total. The molecule has 1 aliphatic rings. The molecule has 2 N–H and O–H groups in total. The normalized spacial score (nSPS) is 28.3. The van der Waals surface area contributed by atoms with Gasteiger partial charge in [-0.05, 0) is 58.0 Å². The molecule has 0 aliphatic carbocycles. The van der Waals surface area contributed by atoms with Gasteiger partial charge < -0.3 is 10.6 Å². The van der Waals surface area contributed by atoms with E-state index in [1.165, 1.54) is 6.07 Å². The van der Waals surface area contributed by atoms with Gasteiger partial charge in [0.2, 0.25) is 0 Å². The second-order valence-electron chi connectivity index (χ2n) is 6.16. The van der Waals surface area contributed by atoms with Crippen molar-refractivity contribution >= 4 is 0 Å². The molecule has 100 valence electrons. The molecule has 1 aromatic rings. The van der Waals surface area contributed by atoms with Crippen LogP contribution in [0.15, 0.2) is 24.3 Å². The summed E-state index contributed by atoms with van der Waals surface area (Å²) in [5.41, 5.74) is 7.11. The van der Waals surface area contributed by atoms with Crippen LogP contribution in [0.3, 0.4) is 0 Å². The summed E-state index contributed by atoms with van der Waals surface area (Å²) in [5.74, 6) is -0.169. The molecule has 0 radical (unpaired) electrons. The molecule has 1 heterocycles. The Morgan fingerprint density at radius 3 is 2.67 bits per heavy atom. The molecule has 0 bridgehead atoms. The van der Waals surface area contributed by atoms with Crippen LogP contribution in [0.2, 0.25) is 0 Å². The van der Waals surface area contributed by atoms with Crippen molar-refractivity contribution in [2.45, 2.75) is 37.6 Å². The summed E-state index contributed by atoms with van der Waals surface area (Å²) in [6.07, 6.45) is 1.96. The first kappa shape index (κ1) is 13.5. The molecule has 1 unspecified atom stereocenters. The Hall–Kier alpha value is -0.930. The molecule has 18 heavy (non-hydrogen) atoms. The van der Waals surface area contributed by atoms with E-state index in [0.717, 1.165) is 24.9 Å². The summed E-state index contributed by atoms with van der Waals surface area (Å²) in [6.45, 7) is 6.04. The molecule has 1 fully saturated rings. The molecule has 0 saturated carbocycles. The lowest BCUT2D eigenvalue weighted by molar-refractivity contribution is 0.0566. The average molecular weight is 250 g/mol. The van der Waals surface area contributed by atoms with E-state index < -0.39 is 0 Å². The Balaban J connectivity index is 2.38. The Morgan fingerprint density at radius 1 is 1.39 bits per heavy atom. The number of hydrogen-bond acceptors (Lipinski definition) is 2. The lowest BCUT2D eigenvalue weighted by Crippen LogP contribution is -2.55. The highest BCUT2D eigenvalue weighted by Crippen LogP contribution is 2.41. The largest absolute Gasteiger partial charge is 0.330 e. The van der Waals surface area contributed by atoms with Crippen LogP contribution in [-0.2, 0) is 5.41 Å². The van der Waals surface area contributed by atoms with E-state index in [2.05, 4.69) is 25.8 Å². The van der Waals surface area contributed by atoms with E-state index in [-0.39, 0.29) is 16.8 Å². The zero-order valence-electron chi connectivity index (χ0n) is 11.5. The van der Waals surface area contributed by atoms with Crippen molar-refractivity contribution in [2.75, 3.05) is 20.1 Å². The Labute approximate surface area is 109 Å². The van der Waals surface area contributed by atoms with Gasteiger partial charge in [0.15, 0.2) is 0 Å². The van der Waals surface area contributed by atoms with Gasteiger partial charge in [0.25, 0.3) is 0 Å². The van der Waals surface area contributed by atoms with Crippen molar-refractivity contribution in [3.05, 3.63) is 35.6 Å². The number of likely N-dealkylation sites (tertiary alicyclic amines) is 1. The number of piperidine rings is 1. The van der Waals surface area contributed by atoms with E-state index in [0.29, 0.717) is 6.54 Å². The van der Waals surface area contributed by atoms with Crippen LogP contribution in [0, 0.1) is 5.82 Å². The molecular weight excluding hydrogens is 227 g/mol. The van der Waals surface area contributed by atoms with Gasteiger partial charge in [-0.15, -0.1) is 0 Å². The van der Waals surface area contributed by atoms with Crippen molar-refractivity contribution in [3.63, 3.8) is 0 Å². The maximum Gasteiger partial charge on any atom is 0.123 e. The van der Waals surface area contributed by atoms with Gasteiger partial charge in [-0.3, -0.25) is 0 Å². The molecule has 3 heteroatoms. The quantitative estimate of drug-likeness (QED) is 0.874. The first-order valence-electron chi connectivity index (χ1n) is 6.57. The monoisotopic (exact) mass is 250 g/mol. The fraction of sp³-hybridized carbons (Fsp3) is 0.600. The second-order valence-corrected chi connectivity index (χ2v) is 6.16. The predicted octanol–water partition coefficient (Wildman–Crippen LogP) is 2.53. The van der Waals surface area contributed by atoms with Gasteiger partial charge in [0.1, 0.15) is 5.82 Å². The Morgan fingerprint density at radius 2 is 2.11 bits per heavy atom. The van der Waals surface area contributed by atoms with E-state index in [4.69, 9.17) is 5.73 Å². The van der Waals surface area contributed by atoms with Crippen LogP contribution in [0.1, 0.15) is 32.3 Å². The molecule has 1 aromatic carbocycles. The highest BCUT2D eigenvalue weighted by molar-refractivity contribution is 5.28. The third kappa shape index (κ3) is 2.29. The minimum absolute atomic E-state index is 0.0852. The van der Waals surface area contributed by atoms with Crippen LogP contribution < -0.4 is 5.73 Å². The third-order valence-electron chi connectivity index (χ3n) is 4.56. The van der Waals surface area contributed by atoms with Gasteiger partial charge in [0, 0.05) is 17.5 Å². The van der Waals surface area contributed by atoms with Crippen molar-refractivity contribution in [1.82, 2.24) is 4.90 Å². The zero-order valence-corrected chi connectivity index (χ0v) is 11.5. The van der Waals surface area contributed by atoms with Gasteiger partial charge in [-0.1, -0.05) is 12.1 Å². The Bertz CT molecular complexity index is 430. The molecule has 0 amide bonds. The molecule has 1 aliphatic heterocycles. The Kier molecular flexibility index (Phi) is 3.47. The first-order valence-corrected chi connectivity index (χ1v) is 6.57. The minimum Gasteiger partial charge on any atom is -0.330 e. The first-order chi connectivity index (χ1) is 8.39. The third-order valence-corrected chi connectivity index (χ3v) is 4.56. The van der Waals surface area contributed by atoms with Crippen molar-refractivity contribution in [2.24, 2.45) is 5.73 Å². The number of rotatable bonds is 2. The topological polar surface area (TPSA) is 29.3 Å². The van der Waals surface area contributed by atoms with E-state index in [1.54, 1.807) is 12.1 Å². The summed E-state index contributed by atoms with van der Waals surface area (Å²) in [7, 11) is 2.14. The fourth-order valence-electron chi connectivity index (χ4n) is 3.09. The summed E-state index contributed by atoms with van der Waals surface area (Å²) in [6, 6.07) is 6.94. The van der Waals surface area contributed by atoms with Crippen molar-refractivity contribution < 1.29 is 4.39 Å². The number of nitrogens with zero attached hydrogens (tertiary/aromatic N) is 1. The molecule has 2 rings (SSSR count). The maximum atomic E-state index is 13.4. The highest BCUT2D eigenvalue weighted by atomic mass is 19.1. The maximum absolute atomic E-state index is 13.4. The summed E-state index contributed by atoms with van der Waals surface area (Å²) in [5, 5.41) is 0. The van der Waals surface area contributed by atoms with E-state index in [1.807, 2.05) is 6.07 Å². The summed E-state index contributed by atoms with van der Waals surface area (Å²) in [4.78, 5) is 2.36. The van der Waals surface area contributed by atoms with Crippen LogP contribution in [0.5, 0.6) is 0 Å². The van der Waals surface area contributed by atoms with Crippen LogP contribution in [-0.4, -0.2) is 30.6 Å². The smallest absolute Gasteiger partial charge is 0.123 e. The molecular formula is C15H23FN2. The lowest BCUT2D eigenvalue weighted by atomic mass is 9.67. The van der Waals surface area contributed by atoms with Gasteiger partial charge in [0.05, 0.1) is 0 Å². The predicted molar refractivity (Wildman–Crippen MR) is 73.1 cm³/mol. The highest BCUT2D eigenvalue weighted by Gasteiger charge is 2.42. The van der Waals surface area contributed by atoms with Gasteiger partial charge in [-0.25, -0.2) is 4.39 Å². The van der Waals surface area contributed by atoms with Gasteiger partial charge >= 0.3 is 0 Å². The average Bonchev–Trinajstić information content (AvgIpc) is 2.33. The van der Waals surface area contributed by atoms with E-state index >= 15 is 0 Å². The second kappa shape index (κ2) is 4.63. The SMILES string of the molecule is CN1CCC(CN)(c2cccc(F)c2)CC1(C)C. The van der Waals surface area contributed by atoms with E-state index in [9.17, 15) is 4.39 Å². The number of nitrogens with two attached hydrogens (primary N) is 1. The van der Waals surface area contributed by atoms with Crippen LogP contribution >= 0.6 is 0 Å². The number of hydrogen-bond donors (Lipinski definition) is 1.